The average Bonchev–Trinajstić information content (AvgIpc) is 2.05. The third kappa shape index (κ3) is 2.27. The van der Waals surface area contributed by atoms with Crippen LogP contribution in [0.1, 0.15) is 19.8 Å². The summed E-state index contributed by atoms with van der Waals surface area (Å²) < 4.78 is 5.16. The van der Waals surface area contributed by atoms with E-state index in [2.05, 4.69) is 0 Å². The maximum Gasteiger partial charge on any atom is 0.146 e. The summed E-state index contributed by atoms with van der Waals surface area (Å²) >= 11 is 0. The molecule has 0 aromatic rings. The highest BCUT2D eigenvalue weighted by atomic mass is 16.5. The summed E-state index contributed by atoms with van der Waals surface area (Å²) in [5.41, 5.74) is 5.69. The second kappa shape index (κ2) is 3.83. The Morgan fingerprint density at radius 3 is 2.55 bits per heavy atom. The van der Waals surface area contributed by atoms with Crippen LogP contribution in [-0.2, 0) is 9.53 Å². The summed E-state index contributed by atoms with van der Waals surface area (Å²) in [6, 6.07) is -0.265. The zero-order chi connectivity index (χ0) is 8.27. The smallest absolute Gasteiger partial charge is 0.146 e. The van der Waals surface area contributed by atoms with Crippen molar-refractivity contribution in [3.63, 3.8) is 0 Å². The zero-order valence-corrected chi connectivity index (χ0v) is 6.88. The van der Waals surface area contributed by atoms with Crippen LogP contribution in [0.2, 0.25) is 0 Å². The van der Waals surface area contributed by atoms with Crippen LogP contribution in [0.3, 0.4) is 0 Å². The summed E-state index contributed by atoms with van der Waals surface area (Å²) in [7, 11) is 0. The van der Waals surface area contributed by atoms with Crippen LogP contribution in [0.4, 0.5) is 0 Å². The van der Waals surface area contributed by atoms with Gasteiger partial charge in [0.1, 0.15) is 5.78 Å². The summed E-state index contributed by atoms with van der Waals surface area (Å²) in [6.07, 6.45) is 1.86. The van der Waals surface area contributed by atoms with Crippen LogP contribution in [0.15, 0.2) is 0 Å². The molecule has 0 bridgehead atoms. The molecule has 0 spiro atoms. The third-order valence-electron chi connectivity index (χ3n) is 2.24. The number of carbonyl (C=O) groups is 1. The van der Waals surface area contributed by atoms with E-state index in [4.69, 9.17) is 10.5 Å². The van der Waals surface area contributed by atoms with Gasteiger partial charge in [0.05, 0.1) is 6.04 Å². The van der Waals surface area contributed by atoms with Crippen LogP contribution in [0.5, 0.6) is 0 Å². The van der Waals surface area contributed by atoms with E-state index in [-0.39, 0.29) is 11.8 Å². The number of carbonyl (C=O) groups excluding carboxylic acids is 1. The van der Waals surface area contributed by atoms with E-state index >= 15 is 0 Å². The Hall–Kier alpha value is -0.410. The first-order chi connectivity index (χ1) is 5.22. The standard InChI is InChI=1S/C8H15NO2/c1-6(10)8(9)7-2-4-11-5-3-7/h7-8H,2-5,9H2,1H3. The quantitative estimate of drug-likeness (QED) is 0.628. The van der Waals surface area contributed by atoms with Gasteiger partial charge in [-0.15, -0.1) is 0 Å². The number of hydrogen-bond acceptors (Lipinski definition) is 3. The molecule has 3 heteroatoms. The Labute approximate surface area is 66.9 Å². The van der Waals surface area contributed by atoms with Gasteiger partial charge in [0.15, 0.2) is 0 Å². The van der Waals surface area contributed by atoms with E-state index in [1.807, 2.05) is 0 Å². The lowest BCUT2D eigenvalue weighted by atomic mass is 9.90. The van der Waals surface area contributed by atoms with E-state index in [9.17, 15) is 4.79 Å². The molecular weight excluding hydrogens is 142 g/mol. The van der Waals surface area contributed by atoms with Crippen molar-refractivity contribution in [1.82, 2.24) is 0 Å². The molecule has 1 unspecified atom stereocenters. The maximum atomic E-state index is 10.9. The van der Waals surface area contributed by atoms with E-state index in [0.29, 0.717) is 5.92 Å². The van der Waals surface area contributed by atoms with Gasteiger partial charge in [-0.05, 0) is 25.7 Å². The Balaban J connectivity index is 2.38. The molecule has 64 valence electrons. The number of ketones is 1. The lowest BCUT2D eigenvalue weighted by Crippen LogP contribution is -2.39. The highest BCUT2D eigenvalue weighted by Crippen LogP contribution is 2.17. The summed E-state index contributed by atoms with van der Waals surface area (Å²) in [6.45, 7) is 3.07. The van der Waals surface area contributed by atoms with Crippen LogP contribution in [-0.4, -0.2) is 25.0 Å². The lowest BCUT2D eigenvalue weighted by Gasteiger charge is -2.25. The fourth-order valence-electron chi connectivity index (χ4n) is 1.41. The summed E-state index contributed by atoms with van der Waals surface area (Å²) in [5.74, 6) is 0.443. The molecule has 0 aliphatic carbocycles. The van der Waals surface area contributed by atoms with Crippen molar-refractivity contribution in [2.75, 3.05) is 13.2 Å². The first kappa shape index (κ1) is 8.68. The second-order valence-electron chi connectivity index (χ2n) is 3.09. The summed E-state index contributed by atoms with van der Waals surface area (Å²) in [4.78, 5) is 10.9. The van der Waals surface area contributed by atoms with E-state index in [1.165, 1.54) is 0 Å². The predicted octanol–water partition coefficient (Wildman–Crippen LogP) is 0.329. The van der Waals surface area contributed by atoms with Crippen LogP contribution >= 0.6 is 0 Å². The van der Waals surface area contributed by atoms with Crippen LogP contribution < -0.4 is 5.73 Å². The Kier molecular flexibility index (Phi) is 3.02. The van der Waals surface area contributed by atoms with Gasteiger partial charge in [-0.25, -0.2) is 0 Å². The average molecular weight is 157 g/mol. The molecule has 0 radical (unpaired) electrons. The minimum Gasteiger partial charge on any atom is -0.381 e. The van der Waals surface area contributed by atoms with E-state index in [1.54, 1.807) is 6.92 Å². The van der Waals surface area contributed by atoms with Crippen LogP contribution in [0, 0.1) is 5.92 Å². The Morgan fingerprint density at radius 2 is 2.09 bits per heavy atom. The topological polar surface area (TPSA) is 52.3 Å². The molecule has 1 heterocycles. The van der Waals surface area contributed by atoms with Gasteiger partial charge in [-0.2, -0.15) is 0 Å². The second-order valence-corrected chi connectivity index (χ2v) is 3.09. The van der Waals surface area contributed by atoms with Crippen molar-refractivity contribution < 1.29 is 9.53 Å². The normalized spacial score (nSPS) is 23.1. The molecule has 1 atom stereocenters. The van der Waals surface area contributed by atoms with Crippen molar-refractivity contribution >= 4 is 5.78 Å². The van der Waals surface area contributed by atoms with Crippen molar-refractivity contribution in [1.29, 1.82) is 0 Å². The maximum absolute atomic E-state index is 10.9. The fraction of sp³-hybridized carbons (Fsp3) is 0.875. The molecule has 0 aromatic carbocycles. The minimum absolute atomic E-state index is 0.0944. The van der Waals surface area contributed by atoms with Crippen molar-refractivity contribution in [3.05, 3.63) is 0 Å². The Morgan fingerprint density at radius 1 is 1.55 bits per heavy atom. The number of hydrogen-bond donors (Lipinski definition) is 1. The third-order valence-corrected chi connectivity index (χ3v) is 2.24. The molecule has 3 nitrogen and oxygen atoms in total. The number of Topliss-reactive ketones (excluding diaryl/α,β-unsaturated/α-hetero) is 1. The molecule has 1 aliphatic rings. The first-order valence-electron chi connectivity index (χ1n) is 4.05. The monoisotopic (exact) mass is 157 g/mol. The molecule has 1 aliphatic heterocycles. The number of ether oxygens (including phenoxy) is 1. The first-order valence-corrected chi connectivity index (χ1v) is 4.05. The molecule has 1 rings (SSSR count). The van der Waals surface area contributed by atoms with Gasteiger partial charge in [-0.1, -0.05) is 0 Å². The number of nitrogens with two attached hydrogens (primary N) is 1. The Bertz CT molecular complexity index is 141. The van der Waals surface area contributed by atoms with E-state index in [0.717, 1.165) is 26.1 Å². The predicted molar refractivity (Wildman–Crippen MR) is 42.2 cm³/mol. The van der Waals surface area contributed by atoms with Crippen molar-refractivity contribution in [2.45, 2.75) is 25.8 Å². The highest BCUT2D eigenvalue weighted by molar-refractivity contribution is 5.81. The van der Waals surface area contributed by atoms with Gasteiger partial charge in [0, 0.05) is 13.2 Å². The van der Waals surface area contributed by atoms with Crippen molar-refractivity contribution in [3.8, 4) is 0 Å². The van der Waals surface area contributed by atoms with Gasteiger partial charge >= 0.3 is 0 Å². The molecule has 0 aromatic heterocycles. The van der Waals surface area contributed by atoms with Crippen molar-refractivity contribution in [2.24, 2.45) is 11.7 Å². The zero-order valence-electron chi connectivity index (χ0n) is 6.88. The summed E-state index contributed by atoms with van der Waals surface area (Å²) in [5, 5.41) is 0. The SMILES string of the molecule is CC(=O)C(N)C1CCOCC1. The van der Waals surface area contributed by atoms with Gasteiger partial charge in [0.25, 0.3) is 0 Å². The lowest BCUT2D eigenvalue weighted by molar-refractivity contribution is -0.120. The fourth-order valence-corrected chi connectivity index (χ4v) is 1.41. The molecule has 0 saturated carbocycles. The number of rotatable bonds is 2. The van der Waals surface area contributed by atoms with E-state index < -0.39 is 0 Å². The van der Waals surface area contributed by atoms with Gasteiger partial charge in [-0.3, -0.25) is 4.79 Å². The molecule has 0 amide bonds. The molecular formula is C8H15NO2. The van der Waals surface area contributed by atoms with Gasteiger partial charge < -0.3 is 10.5 Å². The largest absolute Gasteiger partial charge is 0.381 e. The van der Waals surface area contributed by atoms with Crippen LogP contribution in [0.25, 0.3) is 0 Å². The van der Waals surface area contributed by atoms with Gasteiger partial charge in [0.2, 0.25) is 0 Å². The minimum atomic E-state index is -0.265. The molecule has 1 saturated heterocycles. The molecule has 1 fully saturated rings. The molecule has 11 heavy (non-hydrogen) atoms. The highest BCUT2D eigenvalue weighted by Gasteiger charge is 2.23. The molecule has 2 N–H and O–H groups in total.